The molecule has 1 saturated heterocycles. The second-order valence-electron chi connectivity index (χ2n) is 3.20. The summed E-state index contributed by atoms with van der Waals surface area (Å²) >= 11 is 3.23. The number of halogens is 1. The number of hydrogen-bond acceptors (Lipinski definition) is 3. The van der Waals surface area contributed by atoms with Gasteiger partial charge in [0.1, 0.15) is 4.60 Å². The van der Waals surface area contributed by atoms with Crippen molar-refractivity contribution >= 4 is 27.5 Å². The van der Waals surface area contributed by atoms with Crippen molar-refractivity contribution in [3.63, 3.8) is 0 Å². The molecule has 1 aliphatic rings. The van der Waals surface area contributed by atoms with Gasteiger partial charge in [-0.25, -0.2) is 4.98 Å². The Balaban J connectivity index is 2.27. The molecule has 1 aromatic heterocycles. The van der Waals surface area contributed by atoms with Gasteiger partial charge in [0.25, 0.3) is 0 Å². The van der Waals surface area contributed by atoms with Crippen LogP contribution in [-0.4, -0.2) is 28.6 Å². The summed E-state index contributed by atoms with van der Waals surface area (Å²) < 4.78 is 0.684. The minimum atomic E-state index is -0.547. The normalized spacial score (nSPS) is 21.7. The van der Waals surface area contributed by atoms with E-state index in [1.165, 1.54) is 0 Å². The Bertz CT molecular complexity index is 370. The van der Waals surface area contributed by atoms with Crippen LogP contribution in [0.15, 0.2) is 22.9 Å². The van der Waals surface area contributed by atoms with E-state index in [1.54, 1.807) is 23.2 Å². The number of nitrogens with zero attached hydrogens (tertiary/aromatic N) is 2. The maximum absolute atomic E-state index is 11.4. The molecule has 0 spiro atoms. The highest BCUT2D eigenvalue weighted by Crippen LogP contribution is 2.23. The first-order chi connectivity index (χ1) is 6.66. The summed E-state index contributed by atoms with van der Waals surface area (Å²) in [7, 11) is 0. The van der Waals surface area contributed by atoms with Crippen LogP contribution in [0.3, 0.4) is 0 Å². The highest BCUT2D eigenvalue weighted by molar-refractivity contribution is 9.10. The van der Waals surface area contributed by atoms with Crippen LogP contribution in [-0.2, 0) is 4.79 Å². The summed E-state index contributed by atoms with van der Waals surface area (Å²) in [6.07, 6.45) is 1.28. The first-order valence-corrected chi connectivity index (χ1v) is 5.06. The zero-order chi connectivity index (χ0) is 10.1. The lowest BCUT2D eigenvalue weighted by atomic mass is 10.3. The lowest BCUT2D eigenvalue weighted by Gasteiger charge is -2.15. The summed E-state index contributed by atoms with van der Waals surface area (Å²) in [6, 6.07) is 3.51. The zero-order valence-corrected chi connectivity index (χ0v) is 8.94. The van der Waals surface area contributed by atoms with Gasteiger partial charge in [0, 0.05) is 11.9 Å². The fourth-order valence-corrected chi connectivity index (χ4v) is 1.85. The van der Waals surface area contributed by atoms with Crippen LogP contribution in [0.4, 0.5) is 5.69 Å². The average molecular weight is 257 g/mol. The number of pyridine rings is 1. The van der Waals surface area contributed by atoms with Gasteiger partial charge < -0.3 is 10.0 Å². The van der Waals surface area contributed by atoms with Crippen molar-refractivity contribution in [2.75, 3.05) is 11.4 Å². The standard InChI is InChI=1S/C9H9BrN2O2/c10-8-3-6(1-2-11-8)12-5-7(13)4-9(12)14/h1-3,7,13H,4-5H2. The lowest BCUT2D eigenvalue weighted by molar-refractivity contribution is -0.117. The van der Waals surface area contributed by atoms with E-state index in [-0.39, 0.29) is 12.3 Å². The molecule has 1 fully saturated rings. The molecule has 0 radical (unpaired) electrons. The van der Waals surface area contributed by atoms with Gasteiger partial charge in [-0.2, -0.15) is 0 Å². The number of carbonyl (C=O) groups is 1. The van der Waals surface area contributed by atoms with E-state index in [9.17, 15) is 9.90 Å². The highest BCUT2D eigenvalue weighted by Gasteiger charge is 2.28. The highest BCUT2D eigenvalue weighted by atomic mass is 79.9. The number of hydrogen-bond donors (Lipinski definition) is 1. The van der Waals surface area contributed by atoms with E-state index in [1.807, 2.05) is 0 Å². The molecular formula is C9H9BrN2O2. The zero-order valence-electron chi connectivity index (χ0n) is 7.35. The van der Waals surface area contributed by atoms with Crippen molar-refractivity contribution in [2.24, 2.45) is 0 Å². The van der Waals surface area contributed by atoms with Gasteiger partial charge >= 0.3 is 0 Å². The van der Waals surface area contributed by atoms with Gasteiger partial charge in [-0.1, -0.05) is 0 Å². The van der Waals surface area contributed by atoms with Crippen LogP contribution in [0.25, 0.3) is 0 Å². The van der Waals surface area contributed by atoms with Gasteiger partial charge in [0.15, 0.2) is 0 Å². The molecule has 0 aliphatic carbocycles. The quantitative estimate of drug-likeness (QED) is 0.762. The number of anilines is 1. The summed E-state index contributed by atoms with van der Waals surface area (Å²) in [6.45, 7) is 0.370. The molecule has 0 aromatic carbocycles. The SMILES string of the molecule is O=C1CC(O)CN1c1ccnc(Br)c1. The van der Waals surface area contributed by atoms with E-state index in [4.69, 9.17) is 0 Å². The summed E-state index contributed by atoms with van der Waals surface area (Å²) in [4.78, 5) is 17.0. The fraction of sp³-hybridized carbons (Fsp3) is 0.333. The maximum Gasteiger partial charge on any atom is 0.229 e. The molecule has 1 amide bonds. The molecule has 74 valence electrons. The molecule has 1 aromatic rings. The van der Waals surface area contributed by atoms with Crippen molar-refractivity contribution in [3.8, 4) is 0 Å². The fourth-order valence-electron chi connectivity index (χ4n) is 1.50. The minimum Gasteiger partial charge on any atom is -0.391 e. The van der Waals surface area contributed by atoms with Crippen molar-refractivity contribution in [1.29, 1.82) is 0 Å². The number of amides is 1. The van der Waals surface area contributed by atoms with Crippen molar-refractivity contribution in [1.82, 2.24) is 4.98 Å². The number of rotatable bonds is 1. The summed E-state index contributed by atoms with van der Waals surface area (Å²) in [5.74, 6) is -0.0457. The number of aliphatic hydroxyl groups excluding tert-OH is 1. The monoisotopic (exact) mass is 256 g/mol. The van der Waals surface area contributed by atoms with Crippen LogP contribution in [0.1, 0.15) is 6.42 Å². The van der Waals surface area contributed by atoms with Crippen molar-refractivity contribution in [2.45, 2.75) is 12.5 Å². The second kappa shape index (κ2) is 3.67. The Kier molecular flexibility index (Phi) is 2.52. The van der Waals surface area contributed by atoms with Crippen LogP contribution in [0, 0.1) is 0 Å². The van der Waals surface area contributed by atoms with Crippen LogP contribution >= 0.6 is 15.9 Å². The summed E-state index contributed by atoms with van der Waals surface area (Å²) in [5, 5.41) is 9.31. The van der Waals surface area contributed by atoms with Crippen molar-refractivity contribution < 1.29 is 9.90 Å². The van der Waals surface area contributed by atoms with E-state index in [2.05, 4.69) is 20.9 Å². The van der Waals surface area contributed by atoms with Gasteiger partial charge in [-0.15, -0.1) is 0 Å². The molecule has 2 rings (SSSR count). The van der Waals surface area contributed by atoms with Crippen LogP contribution in [0.2, 0.25) is 0 Å². The van der Waals surface area contributed by atoms with Gasteiger partial charge in [0.2, 0.25) is 5.91 Å². The molecule has 5 heteroatoms. The third-order valence-corrected chi connectivity index (χ3v) is 2.56. The second-order valence-corrected chi connectivity index (χ2v) is 4.01. The maximum atomic E-state index is 11.4. The Morgan fingerprint density at radius 1 is 1.64 bits per heavy atom. The Morgan fingerprint density at radius 3 is 3.00 bits per heavy atom. The summed E-state index contributed by atoms with van der Waals surface area (Å²) in [5.41, 5.74) is 0.772. The van der Waals surface area contributed by atoms with Gasteiger partial charge in [0.05, 0.1) is 19.1 Å². The van der Waals surface area contributed by atoms with E-state index >= 15 is 0 Å². The van der Waals surface area contributed by atoms with E-state index < -0.39 is 6.10 Å². The number of aliphatic hydroxyl groups is 1. The number of aromatic nitrogens is 1. The number of carbonyl (C=O) groups excluding carboxylic acids is 1. The largest absolute Gasteiger partial charge is 0.391 e. The van der Waals surface area contributed by atoms with E-state index in [0.717, 1.165) is 5.69 Å². The molecule has 1 aliphatic heterocycles. The minimum absolute atomic E-state index is 0.0457. The molecule has 4 nitrogen and oxygen atoms in total. The molecule has 2 heterocycles. The Morgan fingerprint density at radius 2 is 2.43 bits per heavy atom. The predicted molar refractivity (Wildman–Crippen MR) is 54.9 cm³/mol. The molecular weight excluding hydrogens is 248 g/mol. The smallest absolute Gasteiger partial charge is 0.229 e. The molecule has 14 heavy (non-hydrogen) atoms. The molecule has 1 atom stereocenters. The molecule has 0 bridgehead atoms. The van der Waals surface area contributed by atoms with Crippen LogP contribution < -0.4 is 4.90 Å². The third kappa shape index (κ3) is 1.78. The third-order valence-electron chi connectivity index (χ3n) is 2.13. The van der Waals surface area contributed by atoms with Gasteiger partial charge in [-0.05, 0) is 28.1 Å². The van der Waals surface area contributed by atoms with Crippen LogP contribution in [0.5, 0.6) is 0 Å². The Hall–Kier alpha value is -0.940. The molecule has 1 unspecified atom stereocenters. The van der Waals surface area contributed by atoms with Crippen molar-refractivity contribution in [3.05, 3.63) is 22.9 Å². The topological polar surface area (TPSA) is 53.4 Å². The lowest BCUT2D eigenvalue weighted by Crippen LogP contribution is -2.25. The number of β-amino-alcohol motifs (C(OH)–C–C–N with tert-alkyl or cyclic N) is 1. The molecule has 0 saturated carbocycles. The van der Waals surface area contributed by atoms with Gasteiger partial charge in [-0.3, -0.25) is 4.79 Å². The average Bonchev–Trinajstić information content (AvgIpc) is 2.45. The first kappa shape index (κ1) is 9.61. The molecule has 1 N–H and O–H groups in total. The first-order valence-electron chi connectivity index (χ1n) is 4.27. The van der Waals surface area contributed by atoms with E-state index in [0.29, 0.717) is 11.1 Å². The predicted octanol–water partition coefficient (Wildman–Crippen LogP) is 0.942. The Labute approximate surface area is 89.7 Å².